The van der Waals surface area contributed by atoms with Gasteiger partial charge in [0.25, 0.3) is 0 Å². The number of carboxylic acids is 1. The highest BCUT2D eigenvalue weighted by Gasteiger charge is 2.16. The number of carboxylic acid groups (broad SMARTS) is 1. The summed E-state index contributed by atoms with van der Waals surface area (Å²) in [5.74, 6) is -0.391. The molecule has 0 radical (unpaired) electrons. The Kier molecular flexibility index (Phi) is 4.74. The number of halogens is 1. The molecule has 0 fully saturated rings. The first-order valence-electron chi connectivity index (χ1n) is 6.19. The van der Waals surface area contributed by atoms with Gasteiger partial charge in [-0.25, -0.2) is 14.5 Å². The van der Waals surface area contributed by atoms with Gasteiger partial charge in [0, 0.05) is 10.9 Å². The number of carbonyl (C=O) groups is 1. The Labute approximate surface area is 129 Å². The average Bonchev–Trinajstić information content (AvgIpc) is 2.87. The molecule has 2 aromatic rings. The van der Waals surface area contributed by atoms with E-state index in [1.807, 2.05) is 13.8 Å². The van der Waals surface area contributed by atoms with Crippen molar-refractivity contribution >= 4 is 28.4 Å². The fraction of sp³-hybridized carbons (Fsp3) is 0.308. The van der Waals surface area contributed by atoms with Crippen LogP contribution in [-0.4, -0.2) is 30.0 Å². The minimum Gasteiger partial charge on any atom is -0.478 e. The molecule has 0 spiro atoms. The second-order valence-electron chi connectivity index (χ2n) is 4.65. The molecule has 0 bridgehead atoms. The molecule has 6 nitrogen and oxygen atoms in total. The summed E-state index contributed by atoms with van der Waals surface area (Å²) in [6.07, 6.45) is 1.41. The van der Waals surface area contributed by atoms with Gasteiger partial charge in [-0.2, -0.15) is 5.10 Å². The van der Waals surface area contributed by atoms with Gasteiger partial charge in [-0.3, -0.25) is 4.21 Å². The molecular formula is C13H14ClN3O3S. The summed E-state index contributed by atoms with van der Waals surface area (Å²) in [6.45, 7) is 3.90. The van der Waals surface area contributed by atoms with Crippen molar-refractivity contribution in [3.63, 3.8) is 0 Å². The molecule has 8 heteroatoms. The zero-order valence-corrected chi connectivity index (χ0v) is 13.1. The van der Waals surface area contributed by atoms with Crippen molar-refractivity contribution < 1.29 is 14.1 Å². The molecule has 0 saturated heterocycles. The van der Waals surface area contributed by atoms with Crippen LogP contribution in [0.15, 0.2) is 29.4 Å². The Bertz CT molecular complexity index is 700. The highest BCUT2D eigenvalue weighted by atomic mass is 35.5. The molecule has 1 atom stereocenters. The Morgan fingerprint density at radius 1 is 1.48 bits per heavy atom. The average molecular weight is 328 g/mol. The minimum atomic E-state index is -1.42. The third-order valence-corrected chi connectivity index (χ3v) is 4.46. The summed E-state index contributed by atoms with van der Waals surface area (Å²) < 4.78 is 14.1. The van der Waals surface area contributed by atoms with Crippen molar-refractivity contribution in [1.29, 1.82) is 0 Å². The van der Waals surface area contributed by atoms with Crippen molar-refractivity contribution in [2.45, 2.75) is 30.5 Å². The van der Waals surface area contributed by atoms with Gasteiger partial charge < -0.3 is 5.11 Å². The molecule has 21 heavy (non-hydrogen) atoms. The molecule has 1 aromatic carbocycles. The summed E-state index contributed by atoms with van der Waals surface area (Å²) >= 11 is 5.80. The summed E-state index contributed by atoms with van der Waals surface area (Å²) in [5, 5.41) is 13.2. The number of nitrogens with zero attached hydrogens (tertiary/aromatic N) is 3. The number of rotatable bonds is 5. The van der Waals surface area contributed by atoms with E-state index in [1.54, 1.807) is 10.7 Å². The van der Waals surface area contributed by atoms with E-state index < -0.39 is 16.8 Å². The molecule has 1 heterocycles. The quantitative estimate of drug-likeness (QED) is 0.912. The van der Waals surface area contributed by atoms with Crippen LogP contribution in [0, 0.1) is 0 Å². The molecule has 0 aliphatic carbocycles. The molecule has 2 rings (SSSR count). The monoisotopic (exact) mass is 327 g/mol. The van der Waals surface area contributed by atoms with Crippen molar-refractivity contribution in [1.82, 2.24) is 14.8 Å². The van der Waals surface area contributed by atoms with Crippen molar-refractivity contribution in [3.8, 4) is 0 Å². The van der Waals surface area contributed by atoms with E-state index in [1.165, 1.54) is 18.5 Å². The van der Waals surface area contributed by atoms with Gasteiger partial charge in [0.15, 0.2) is 0 Å². The molecule has 1 N–H and O–H groups in total. The summed E-state index contributed by atoms with van der Waals surface area (Å²) in [6, 6.07) is 4.43. The third-order valence-electron chi connectivity index (χ3n) is 2.83. The first kappa shape index (κ1) is 15.7. The SMILES string of the molecule is CC(C)n1ncnc1CS(=O)c1ccc(Cl)c(C(=O)O)c1. The van der Waals surface area contributed by atoms with E-state index in [9.17, 15) is 9.00 Å². The molecule has 1 unspecified atom stereocenters. The molecule has 0 aliphatic rings. The number of aromatic carboxylic acids is 1. The first-order valence-corrected chi connectivity index (χ1v) is 7.89. The van der Waals surface area contributed by atoms with Gasteiger partial charge in [-0.1, -0.05) is 11.6 Å². The van der Waals surface area contributed by atoms with Gasteiger partial charge in [0.1, 0.15) is 12.2 Å². The second-order valence-corrected chi connectivity index (χ2v) is 6.51. The normalized spacial score (nSPS) is 12.6. The van der Waals surface area contributed by atoms with Gasteiger partial charge in [-0.05, 0) is 32.0 Å². The zero-order valence-electron chi connectivity index (χ0n) is 11.5. The lowest BCUT2D eigenvalue weighted by atomic mass is 10.2. The van der Waals surface area contributed by atoms with Gasteiger partial charge in [0.2, 0.25) is 0 Å². The van der Waals surface area contributed by atoms with Crippen molar-refractivity contribution in [3.05, 3.63) is 40.9 Å². The molecule has 0 saturated carbocycles. The molecule has 0 aliphatic heterocycles. The van der Waals surface area contributed by atoms with Crippen LogP contribution in [0.2, 0.25) is 5.02 Å². The van der Waals surface area contributed by atoms with Gasteiger partial charge >= 0.3 is 5.97 Å². The largest absolute Gasteiger partial charge is 0.478 e. The molecule has 1 aromatic heterocycles. The fourth-order valence-corrected chi connectivity index (χ4v) is 3.09. The van der Waals surface area contributed by atoms with Crippen LogP contribution in [-0.2, 0) is 16.6 Å². The molecule has 0 amide bonds. The predicted octanol–water partition coefficient (Wildman–Crippen LogP) is 2.52. The molecule has 112 valence electrons. The summed E-state index contributed by atoms with van der Waals surface area (Å²) in [4.78, 5) is 15.5. The van der Waals surface area contributed by atoms with Crippen LogP contribution in [0.25, 0.3) is 0 Å². The van der Waals surface area contributed by atoms with Crippen LogP contribution in [0.5, 0.6) is 0 Å². The number of hydrogen-bond donors (Lipinski definition) is 1. The third kappa shape index (κ3) is 3.48. The lowest BCUT2D eigenvalue weighted by Gasteiger charge is -2.09. The van der Waals surface area contributed by atoms with E-state index in [2.05, 4.69) is 10.1 Å². The lowest BCUT2D eigenvalue weighted by molar-refractivity contribution is 0.0697. The van der Waals surface area contributed by atoms with Crippen LogP contribution in [0.3, 0.4) is 0 Å². The minimum absolute atomic E-state index is 0.0622. The Balaban J connectivity index is 2.27. The first-order chi connectivity index (χ1) is 9.90. The smallest absolute Gasteiger partial charge is 0.337 e. The maximum absolute atomic E-state index is 12.4. The van der Waals surface area contributed by atoms with Gasteiger partial charge in [-0.15, -0.1) is 0 Å². The Morgan fingerprint density at radius 3 is 2.81 bits per heavy atom. The van der Waals surface area contributed by atoms with Crippen LogP contribution in [0.4, 0.5) is 0 Å². The number of aromatic nitrogens is 3. The van der Waals surface area contributed by atoms with Gasteiger partial charge in [0.05, 0.1) is 27.1 Å². The van der Waals surface area contributed by atoms with Crippen LogP contribution < -0.4 is 0 Å². The second kappa shape index (κ2) is 6.36. The van der Waals surface area contributed by atoms with E-state index in [0.717, 1.165) is 0 Å². The summed E-state index contributed by atoms with van der Waals surface area (Å²) in [7, 11) is -1.42. The summed E-state index contributed by atoms with van der Waals surface area (Å²) in [5.41, 5.74) is -0.0622. The fourth-order valence-electron chi connectivity index (χ4n) is 1.82. The highest BCUT2D eigenvalue weighted by Crippen LogP contribution is 2.21. The van der Waals surface area contributed by atoms with Crippen molar-refractivity contribution in [2.75, 3.05) is 0 Å². The highest BCUT2D eigenvalue weighted by molar-refractivity contribution is 7.84. The number of benzene rings is 1. The Hall–Kier alpha value is -1.73. The maximum atomic E-state index is 12.4. The standard InChI is InChI=1S/C13H14ClN3O3S/c1-8(2)17-12(15-7-16-17)6-21(20)9-3-4-11(14)10(5-9)13(18)19/h3-5,7-8H,6H2,1-2H3,(H,18,19). The van der Waals surface area contributed by atoms with E-state index in [-0.39, 0.29) is 22.4 Å². The number of hydrogen-bond acceptors (Lipinski definition) is 4. The zero-order chi connectivity index (χ0) is 15.6. The molecular weight excluding hydrogens is 314 g/mol. The van der Waals surface area contributed by atoms with E-state index in [4.69, 9.17) is 16.7 Å². The maximum Gasteiger partial charge on any atom is 0.337 e. The lowest BCUT2D eigenvalue weighted by Crippen LogP contribution is -2.11. The van der Waals surface area contributed by atoms with E-state index >= 15 is 0 Å². The topological polar surface area (TPSA) is 85.1 Å². The van der Waals surface area contributed by atoms with Crippen LogP contribution in [0.1, 0.15) is 36.1 Å². The predicted molar refractivity (Wildman–Crippen MR) is 78.9 cm³/mol. The van der Waals surface area contributed by atoms with Crippen molar-refractivity contribution in [2.24, 2.45) is 0 Å². The van der Waals surface area contributed by atoms with Crippen LogP contribution >= 0.6 is 11.6 Å². The Morgan fingerprint density at radius 2 is 2.19 bits per heavy atom. The van der Waals surface area contributed by atoms with E-state index in [0.29, 0.717) is 10.7 Å².